The number of aryl methyl sites for hydroxylation is 1. The van der Waals surface area contributed by atoms with Crippen molar-refractivity contribution < 1.29 is 4.39 Å². The maximum absolute atomic E-state index is 13.7. The summed E-state index contributed by atoms with van der Waals surface area (Å²) in [4.78, 5) is 0. The molecule has 0 bridgehead atoms. The van der Waals surface area contributed by atoms with Gasteiger partial charge in [0.1, 0.15) is 5.82 Å². The Morgan fingerprint density at radius 2 is 1.79 bits per heavy atom. The van der Waals surface area contributed by atoms with Gasteiger partial charge >= 0.3 is 0 Å². The number of nitrogens with one attached hydrogen (secondary N) is 1. The Labute approximate surface area is 114 Å². The van der Waals surface area contributed by atoms with Crippen LogP contribution in [0.1, 0.15) is 35.2 Å². The van der Waals surface area contributed by atoms with Gasteiger partial charge in [0.05, 0.1) is 0 Å². The van der Waals surface area contributed by atoms with Crippen molar-refractivity contribution in [1.82, 2.24) is 5.32 Å². The van der Waals surface area contributed by atoms with Crippen molar-refractivity contribution in [3.8, 4) is 0 Å². The zero-order valence-corrected chi connectivity index (χ0v) is 11.7. The average molecular weight is 257 g/mol. The van der Waals surface area contributed by atoms with Gasteiger partial charge in [-0.3, -0.25) is 0 Å². The Bertz CT molecular complexity index is 563. The lowest BCUT2D eigenvalue weighted by molar-refractivity contribution is 0.527. The van der Waals surface area contributed by atoms with Crippen LogP contribution >= 0.6 is 0 Å². The molecule has 0 saturated carbocycles. The molecule has 0 radical (unpaired) electrons. The molecule has 0 aromatic heterocycles. The van der Waals surface area contributed by atoms with Gasteiger partial charge in [-0.15, -0.1) is 0 Å². The summed E-state index contributed by atoms with van der Waals surface area (Å²) in [5.41, 5.74) is 4.57. The van der Waals surface area contributed by atoms with E-state index < -0.39 is 0 Å². The molecule has 0 unspecified atom stereocenters. The van der Waals surface area contributed by atoms with E-state index >= 15 is 0 Å². The fraction of sp³-hybridized carbons (Fsp3) is 0.294. The molecule has 0 heterocycles. The summed E-state index contributed by atoms with van der Waals surface area (Å²) in [5.74, 6) is -0.150. The first kappa shape index (κ1) is 13.8. The van der Waals surface area contributed by atoms with Crippen molar-refractivity contribution in [2.24, 2.45) is 0 Å². The Morgan fingerprint density at radius 1 is 1.05 bits per heavy atom. The molecule has 2 heteroatoms. The minimum atomic E-state index is -0.150. The highest BCUT2D eigenvalue weighted by atomic mass is 19.1. The molecule has 0 spiro atoms. The topological polar surface area (TPSA) is 12.0 Å². The minimum Gasteiger partial charge on any atom is -0.306 e. The zero-order valence-electron chi connectivity index (χ0n) is 11.7. The van der Waals surface area contributed by atoms with Gasteiger partial charge in [0.15, 0.2) is 0 Å². The van der Waals surface area contributed by atoms with Gasteiger partial charge < -0.3 is 5.32 Å². The molecule has 2 aromatic rings. The Kier molecular flexibility index (Phi) is 4.33. The molecule has 0 amide bonds. The lowest BCUT2D eigenvalue weighted by atomic mass is 10.0. The fourth-order valence-corrected chi connectivity index (χ4v) is 2.20. The zero-order chi connectivity index (χ0) is 13.8. The smallest absolute Gasteiger partial charge is 0.127 e. The van der Waals surface area contributed by atoms with E-state index in [4.69, 9.17) is 0 Å². The van der Waals surface area contributed by atoms with Crippen molar-refractivity contribution in [3.05, 3.63) is 70.5 Å². The maximum Gasteiger partial charge on any atom is 0.127 e. The first-order chi connectivity index (χ1) is 9.09. The Balaban J connectivity index is 2.07. The maximum atomic E-state index is 13.7. The summed E-state index contributed by atoms with van der Waals surface area (Å²) in [7, 11) is 0. The number of hydrogen-bond donors (Lipinski definition) is 1. The molecule has 1 nitrogen and oxygen atoms in total. The SMILES string of the molecule is Cc1cccc(CN[C@H](C)c2ccccc2F)c1C. The highest BCUT2D eigenvalue weighted by molar-refractivity contribution is 5.33. The Morgan fingerprint density at radius 3 is 2.53 bits per heavy atom. The van der Waals surface area contributed by atoms with Gasteiger partial charge in [0.25, 0.3) is 0 Å². The van der Waals surface area contributed by atoms with Crippen LogP contribution in [0.5, 0.6) is 0 Å². The van der Waals surface area contributed by atoms with Gasteiger partial charge in [-0.2, -0.15) is 0 Å². The third-order valence-corrected chi connectivity index (χ3v) is 3.69. The molecule has 2 aromatic carbocycles. The first-order valence-corrected chi connectivity index (χ1v) is 6.62. The minimum absolute atomic E-state index is 0.00103. The average Bonchev–Trinajstić information content (AvgIpc) is 2.40. The summed E-state index contributed by atoms with van der Waals surface area (Å²) >= 11 is 0. The second-order valence-corrected chi connectivity index (χ2v) is 4.98. The second-order valence-electron chi connectivity index (χ2n) is 4.98. The van der Waals surface area contributed by atoms with Crippen molar-refractivity contribution >= 4 is 0 Å². The van der Waals surface area contributed by atoms with E-state index in [2.05, 4.69) is 37.4 Å². The third-order valence-electron chi connectivity index (χ3n) is 3.69. The molecular formula is C17H20FN. The highest BCUT2D eigenvalue weighted by Crippen LogP contribution is 2.18. The van der Waals surface area contributed by atoms with E-state index in [9.17, 15) is 4.39 Å². The normalized spacial score (nSPS) is 12.4. The summed E-state index contributed by atoms with van der Waals surface area (Å²) < 4.78 is 13.7. The molecule has 0 aliphatic carbocycles. The predicted molar refractivity (Wildman–Crippen MR) is 77.6 cm³/mol. The number of benzene rings is 2. The molecule has 0 aliphatic heterocycles. The molecule has 0 aliphatic rings. The fourth-order valence-electron chi connectivity index (χ4n) is 2.20. The van der Waals surface area contributed by atoms with Crippen molar-refractivity contribution in [2.45, 2.75) is 33.4 Å². The number of rotatable bonds is 4. The largest absolute Gasteiger partial charge is 0.306 e. The van der Waals surface area contributed by atoms with E-state index in [1.54, 1.807) is 6.07 Å². The van der Waals surface area contributed by atoms with Gasteiger partial charge in [0.2, 0.25) is 0 Å². The van der Waals surface area contributed by atoms with Crippen molar-refractivity contribution in [3.63, 3.8) is 0 Å². The Hall–Kier alpha value is -1.67. The van der Waals surface area contributed by atoms with Crippen LogP contribution in [-0.2, 0) is 6.54 Å². The summed E-state index contributed by atoms with van der Waals surface area (Å²) in [6.07, 6.45) is 0. The molecule has 100 valence electrons. The molecule has 1 N–H and O–H groups in total. The van der Waals surface area contributed by atoms with Crippen LogP contribution in [0.25, 0.3) is 0 Å². The van der Waals surface area contributed by atoms with Gasteiger partial charge in [-0.1, -0.05) is 36.4 Å². The standard InChI is InChI=1S/C17H20FN/c1-12-7-6-8-15(13(12)2)11-19-14(3)16-9-4-5-10-17(16)18/h4-10,14,19H,11H2,1-3H3/t14-/m1/s1. The van der Waals surface area contributed by atoms with Crippen LogP contribution in [0.3, 0.4) is 0 Å². The van der Waals surface area contributed by atoms with Crippen LogP contribution in [0.4, 0.5) is 4.39 Å². The molecule has 0 fully saturated rings. The third kappa shape index (κ3) is 3.21. The first-order valence-electron chi connectivity index (χ1n) is 6.62. The van der Waals surface area contributed by atoms with Crippen LogP contribution in [0.15, 0.2) is 42.5 Å². The van der Waals surface area contributed by atoms with E-state index in [0.29, 0.717) is 5.56 Å². The summed E-state index contributed by atoms with van der Waals surface area (Å²) in [6, 6.07) is 13.2. The summed E-state index contributed by atoms with van der Waals surface area (Å²) in [5, 5.41) is 3.38. The predicted octanol–water partition coefficient (Wildman–Crippen LogP) is 4.29. The lowest BCUT2D eigenvalue weighted by Gasteiger charge is -2.16. The van der Waals surface area contributed by atoms with E-state index in [0.717, 1.165) is 6.54 Å². The highest BCUT2D eigenvalue weighted by Gasteiger charge is 2.10. The van der Waals surface area contributed by atoms with Gasteiger partial charge in [-0.05, 0) is 43.5 Å². The quantitative estimate of drug-likeness (QED) is 0.861. The summed E-state index contributed by atoms with van der Waals surface area (Å²) in [6.45, 7) is 6.98. The second kappa shape index (κ2) is 5.98. The van der Waals surface area contributed by atoms with E-state index in [1.165, 1.54) is 22.8 Å². The molecule has 19 heavy (non-hydrogen) atoms. The van der Waals surface area contributed by atoms with Crippen LogP contribution in [0, 0.1) is 19.7 Å². The number of halogens is 1. The van der Waals surface area contributed by atoms with Gasteiger partial charge in [0, 0.05) is 18.2 Å². The van der Waals surface area contributed by atoms with Crippen LogP contribution in [0.2, 0.25) is 0 Å². The van der Waals surface area contributed by atoms with Crippen LogP contribution in [-0.4, -0.2) is 0 Å². The van der Waals surface area contributed by atoms with Crippen molar-refractivity contribution in [1.29, 1.82) is 0 Å². The van der Waals surface area contributed by atoms with Gasteiger partial charge in [-0.25, -0.2) is 4.39 Å². The van der Waals surface area contributed by atoms with E-state index in [1.807, 2.05) is 19.1 Å². The monoisotopic (exact) mass is 257 g/mol. The molecule has 0 saturated heterocycles. The van der Waals surface area contributed by atoms with E-state index in [-0.39, 0.29) is 11.9 Å². The molecule has 2 rings (SSSR count). The molecular weight excluding hydrogens is 237 g/mol. The number of hydrogen-bond acceptors (Lipinski definition) is 1. The lowest BCUT2D eigenvalue weighted by Crippen LogP contribution is -2.19. The van der Waals surface area contributed by atoms with Crippen LogP contribution < -0.4 is 5.32 Å². The van der Waals surface area contributed by atoms with Crippen molar-refractivity contribution in [2.75, 3.05) is 0 Å². The molecule has 1 atom stereocenters.